The average molecular weight is 290 g/mol. The highest BCUT2D eigenvalue weighted by molar-refractivity contribution is 5.87. The maximum Gasteiger partial charge on any atom is 0.333 e. The molecule has 1 aromatic carbocycles. The predicted molar refractivity (Wildman–Crippen MR) is 82.0 cm³/mol. The first-order chi connectivity index (χ1) is 9.81. The first-order valence-corrected chi connectivity index (χ1v) is 6.81. The van der Waals surface area contributed by atoms with E-state index in [4.69, 9.17) is 0 Å². The quantitative estimate of drug-likeness (QED) is 0.791. The minimum atomic E-state index is -1.47. The van der Waals surface area contributed by atoms with Gasteiger partial charge >= 0.3 is 12.0 Å². The fraction of sp³-hybridized carbons (Fsp3) is 0.375. The third-order valence-electron chi connectivity index (χ3n) is 3.27. The summed E-state index contributed by atoms with van der Waals surface area (Å²) < 4.78 is 0. The van der Waals surface area contributed by atoms with Gasteiger partial charge in [0.05, 0.1) is 0 Å². The molecule has 0 saturated heterocycles. The van der Waals surface area contributed by atoms with Crippen molar-refractivity contribution in [1.82, 2.24) is 10.2 Å². The molecule has 2 amide bonds. The Morgan fingerprint density at radius 2 is 1.90 bits per heavy atom. The minimum absolute atomic E-state index is 0.396. The van der Waals surface area contributed by atoms with Gasteiger partial charge in [0.1, 0.15) is 0 Å². The highest BCUT2D eigenvalue weighted by Gasteiger charge is 2.37. The van der Waals surface area contributed by atoms with Gasteiger partial charge in [-0.25, -0.2) is 9.59 Å². The van der Waals surface area contributed by atoms with Crippen molar-refractivity contribution in [3.63, 3.8) is 0 Å². The van der Waals surface area contributed by atoms with Crippen LogP contribution in [0.15, 0.2) is 42.5 Å². The number of nitrogens with one attached hydrogen (secondary N) is 1. The standard InChI is InChI=1S/C16H22N2O3/c1-5-18(11-12(2)3)15(21)17-16(4,14(19)20)13-9-7-6-8-10-13/h6-10H,2,5,11H2,1,3-4H3,(H,17,21)(H,19,20). The van der Waals surface area contributed by atoms with E-state index in [1.165, 1.54) is 11.8 Å². The normalized spacial score (nSPS) is 13.1. The van der Waals surface area contributed by atoms with Crippen molar-refractivity contribution in [2.24, 2.45) is 0 Å². The third-order valence-corrected chi connectivity index (χ3v) is 3.27. The molecular formula is C16H22N2O3. The zero-order valence-electron chi connectivity index (χ0n) is 12.7. The number of aliphatic carboxylic acids is 1. The number of carbonyl (C=O) groups excluding carboxylic acids is 1. The zero-order chi connectivity index (χ0) is 16.0. The molecule has 5 heteroatoms. The number of likely N-dealkylation sites (N-methyl/N-ethyl adjacent to an activating group) is 1. The van der Waals surface area contributed by atoms with Gasteiger partial charge < -0.3 is 15.3 Å². The van der Waals surface area contributed by atoms with Crippen LogP contribution in [0.2, 0.25) is 0 Å². The van der Waals surface area contributed by atoms with Crippen LogP contribution in [-0.4, -0.2) is 35.1 Å². The number of carboxylic acids is 1. The van der Waals surface area contributed by atoms with E-state index in [0.29, 0.717) is 18.7 Å². The molecule has 1 rings (SSSR count). The lowest BCUT2D eigenvalue weighted by Gasteiger charge is -2.30. The summed E-state index contributed by atoms with van der Waals surface area (Å²) in [6, 6.07) is 8.23. The van der Waals surface area contributed by atoms with Crippen molar-refractivity contribution in [2.75, 3.05) is 13.1 Å². The van der Waals surface area contributed by atoms with Crippen LogP contribution >= 0.6 is 0 Å². The van der Waals surface area contributed by atoms with Crippen molar-refractivity contribution in [1.29, 1.82) is 0 Å². The Morgan fingerprint density at radius 1 is 1.33 bits per heavy atom. The van der Waals surface area contributed by atoms with Gasteiger partial charge in [0.15, 0.2) is 5.54 Å². The molecule has 0 aliphatic rings. The number of carboxylic acid groups (broad SMARTS) is 1. The van der Waals surface area contributed by atoms with E-state index in [2.05, 4.69) is 11.9 Å². The summed E-state index contributed by atoms with van der Waals surface area (Å²) in [5, 5.41) is 12.1. The molecule has 0 aromatic heterocycles. The predicted octanol–water partition coefficient (Wildman–Crippen LogP) is 2.59. The topological polar surface area (TPSA) is 69.6 Å². The summed E-state index contributed by atoms with van der Waals surface area (Å²) in [5.74, 6) is -1.10. The molecule has 0 radical (unpaired) electrons. The number of urea groups is 1. The Labute approximate surface area is 125 Å². The van der Waals surface area contributed by atoms with Crippen molar-refractivity contribution in [3.8, 4) is 0 Å². The largest absolute Gasteiger partial charge is 0.479 e. The van der Waals surface area contributed by atoms with Gasteiger partial charge in [-0.2, -0.15) is 0 Å². The van der Waals surface area contributed by atoms with Gasteiger partial charge in [-0.1, -0.05) is 42.5 Å². The number of hydrogen-bond acceptors (Lipinski definition) is 2. The molecule has 0 aliphatic carbocycles. The molecule has 114 valence electrons. The van der Waals surface area contributed by atoms with Gasteiger partial charge in [-0.3, -0.25) is 0 Å². The molecule has 1 unspecified atom stereocenters. The van der Waals surface area contributed by atoms with Gasteiger partial charge in [-0.15, -0.1) is 0 Å². The summed E-state index contributed by atoms with van der Waals surface area (Å²) in [4.78, 5) is 25.5. The number of carbonyl (C=O) groups is 2. The number of hydrogen-bond donors (Lipinski definition) is 2. The summed E-state index contributed by atoms with van der Waals surface area (Å²) in [5.41, 5.74) is -0.109. The Bertz CT molecular complexity index is 528. The lowest BCUT2D eigenvalue weighted by atomic mass is 9.92. The summed E-state index contributed by atoms with van der Waals surface area (Å²) in [6.45, 7) is 9.79. The van der Waals surface area contributed by atoms with E-state index in [1.54, 1.807) is 30.3 Å². The molecule has 0 heterocycles. The Balaban J connectivity index is 3.01. The van der Waals surface area contributed by atoms with Gasteiger partial charge in [0.2, 0.25) is 0 Å². The van der Waals surface area contributed by atoms with Crippen LogP contribution in [0.3, 0.4) is 0 Å². The smallest absolute Gasteiger partial charge is 0.333 e. The lowest BCUT2D eigenvalue weighted by molar-refractivity contribution is -0.144. The minimum Gasteiger partial charge on any atom is -0.479 e. The Hall–Kier alpha value is -2.30. The van der Waals surface area contributed by atoms with E-state index in [0.717, 1.165) is 5.57 Å². The third kappa shape index (κ3) is 4.08. The molecule has 5 nitrogen and oxygen atoms in total. The van der Waals surface area contributed by atoms with Gasteiger partial charge in [0, 0.05) is 13.1 Å². The first-order valence-electron chi connectivity index (χ1n) is 6.81. The van der Waals surface area contributed by atoms with E-state index >= 15 is 0 Å². The highest BCUT2D eigenvalue weighted by atomic mass is 16.4. The molecule has 0 aliphatic heterocycles. The van der Waals surface area contributed by atoms with Crippen molar-refractivity contribution in [2.45, 2.75) is 26.3 Å². The van der Waals surface area contributed by atoms with Crippen LogP contribution in [0.25, 0.3) is 0 Å². The van der Waals surface area contributed by atoms with Crippen molar-refractivity contribution in [3.05, 3.63) is 48.0 Å². The van der Waals surface area contributed by atoms with Crippen LogP contribution < -0.4 is 5.32 Å². The second-order valence-corrected chi connectivity index (χ2v) is 5.20. The molecule has 0 fully saturated rings. The molecular weight excluding hydrogens is 268 g/mol. The first kappa shape index (κ1) is 16.8. The fourth-order valence-corrected chi connectivity index (χ4v) is 1.97. The number of benzene rings is 1. The number of amides is 2. The molecule has 2 N–H and O–H groups in total. The molecule has 0 saturated carbocycles. The maximum absolute atomic E-state index is 12.3. The lowest BCUT2D eigenvalue weighted by Crippen LogP contribution is -2.54. The molecule has 0 bridgehead atoms. The molecule has 1 atom stereocenters. The van der Waals surface area contributed by atoms with E-state index in [-0.39, 0.29) is 0 Å². The molecule has 0 spiro atoms. The highest BCUT2D eigenvalue weighted by Crippen LogP contribution is 2.21. The van der Waals surface area contributed by atoms with Gasteiger partial charge in [-0.05, 0) is 26.3 Å². The van der Waals surface area contributed by atoms with Crippen LogP contribution in [0.4, 0.5) is 4.79 Å². The average Bonchev–Trinajstić information content (AvgIpc) is 2.44. The summed E-state index contributed by atoms with van der Waals surface area (Å²) in [6.07, 6.45) is 0. The fourth-order valence-electron chi connectivity index (χ4n) is 1.97. The second kappa shape index (κ2) is 6.92. The van der Waals surface area contributed by atoms with Crippen LogP contribution in [0.5, 0.6) is 0 Å². The van der Waals surface area contributed by atoms with Crippen molar-refractivity contribution < 1.29 is 14.7 Å². The maximum atomic E-state index is 12.3. The molecule has 21 heavy (non-hydrogen) atoms. The Morgan fingerprint density at radius 3 is 2.33 bits per heavy atom. The monoisotopic (exact) mass is 290 g/mol. The van der Waals surface area contributed by atoms with E-state index in [1.807, 2.05) is 13.8 Å². The Kier molecular flexibility index (Phi) is 5.52. The summed E-state index contributed by atoms with van der Waals surface area (Å²) >= 11 is 0. The van der Waals surface area contributed by atoms with Crippen LogP contribution in [0.1, 0.15) is 26.3 Å². The van der Waals surface area contributed by atoms with E-state index in [9.17, 15) is 14.7 Å². The number of nitrogens with zero attached hydrogens (tertiary/aromatic N) is 1. The second-order valence-electron chi connectivity index (χ2n) is 5.20. The van der Waals surface area contributed by atoms with E-state index < -0.39 is 17.5 Å². The number of rotatable bonds is 6. The van der Waals surface area contributed by atoms with Crippen LogP contribution in [-0.2, 0) is 10.3 Å². The van der Waals surface area contributed by atoms with Crippen molar-refractivity contribution >= 4 is 12.0 Å². The van der Waals surface area contributed by atoms with Gasteiger partial charge in [0.25, 0.3) is 0 Å². The van der Waals surface area contributed by atoms with Crippen LogP contribution in [0, 0.1) is 0 Å². The molecule has 1 aromatic rings. The summed E-state index contributed by atoms with van der Waals surface area (Å²) in [7, 11) is 0. The SMILES string of the molecule is C=C(C)CN(CC)C(=O)NC(C)(C(=O)O)c1ccccc1. The zero-order valence-corrected chi connectivity index (χ0v) is 12.7.